The van der Waals surface area contributed by atoms with Crippen LogP contribution in [-0.2, 0) is 11.2 Å². The van der Waals surface area contributed by atoms with Crippen molar-refractivity contribution in [2.24, 2.45) is 5.92 Å². The number of carbonyl (C=O) groups excluding carboxylic acids is 1. The summed E-state index contributed by atoms with van der Waals surface area (Å²) in [4.78, 5) is 11.7. The number of carbonyl (C=O) groups is 1. The molecule has 0 bridgehead atoms. The van der Waals surface area contributed by atoms with E-state index in [1.165, 1.54) is 25.0 Å². The van der Waals surface area contributed by atoms with Gasteiger partial charge in [-0.2, -0.15) is 0 Å². The molecule has 0 aliphatic carbocycles. The summed E-state index contributed by atoms with van der Waals surface area (Å²) >= 11 is 0. The predicted molar refractivity (Wildman–Crippen MR) is 76.0 cm³/mol. The molecular formula is C14H20ClFN2O. The van der Waals surface area contributed by atoms with Gasteiger partial charge in [0.25, 0.3) is 0 Å². The first-order valence-electron chi connectivity index (χ1n) is 6.46. The molecule has 0 radical (unpaired) electrons. The predicted octanol–water partition coefficient (Wildman–Crippen LogP) is 1.91. The van der Waals surface area contributed by atoms with Gasteiger partial charge in [0.1, 0.15) is 5.82 Å². The lowest BCUT2D eigenvalue weighted by atomic mass is 10.00. The number of hydrogen-bond donors (Lipinski definition) is 2. The van der Waals surface area contributed by atoms with Gasteiger partial charge in [-0.1, -0.05) is 12.1 Å². The van der Waals surface area contributed by atoms with Crippen LogP contribution in [0, 0.1) is 11.7 Å². The Morgan fingerprint density at radius 2 is 2.11 bits per heavy atom. The van der Waals surface area contributed by atoms with Crippen LogP contribution in [0.15, 0.2) is 24.3 Å². The van der Waals surface area contributed by atoms with E-state index in [9.17, 15) is 9.18 Å². The van der Waals surface area contributed by atoms with E-state index in [0.717, 1.165) is 25.2 Å². The third kappa shape index (κ3) is 5.57. The Kier molecular flexibility index (Phi) is 6.81. The maximum Gasteiger partial charge on any atom is 0.224 e. The topological polar surface area (TPSA) is 41.1 Å². The van der Waals surface area contributed by atoms with Gasteiger partial charge in [-0.25, -0.2) is 4.39 Å². The average molecular weight is 287 g/mol. The van der Waals surface area contributed by atoms with Crippen LogP contribution in [0.5, 0.6) is 0 Å². The van der Waals surface area contributed by atoms with Gasteiger partial charge in [0.15, 0.2) is 0 Å². The van der Waals surface area contributed by atoms with Gasteiger partial charge in [0.2, 0.25) is 5.91 Å². The molecule has 1 heterocycles. The van der Waals surface area contributed by atoms with Gasteiger partial charge in [-0.3, -0.25) is 4.79 Å². The van der Waals surface area contributed by atoms with Crippen molar-refractivity contribution in [3.63, 3.8) is 0 Å². The van der Waals surface area contributed by atoms with Gasteiger partial charge >= 0.3 is 0 Å². The Labute approximate surface area is 119 Å². The number of halogens is 2. The van der Waals surface area contributed by atoms with Crippen molar-refractivity contribution in [3.05, 3.63) is 35.6 Å². The summed E-state index contributed by atoms with van der Waals surface area (Å²) in [6.07, 6.45) is 2.67. The Morgan fingerprint density at radius 3 is 2.74 bits per heavy atom. The quantitative estimate of drug-likeness (QED) is 0.888. The summed E-state index contributed by atoms with van der Waals surface area (Å²) in [5.41, 5.74) is 0.843. The maximum atomic E-state index is 12.7. The highest BCUT2D eigenvalue weighted by molar-refractivity contribution is 5.85. The van der Waals surface area contributed by atoms with E-state index in [0.29, 0.717) is 12.3 Å². The molecule has 19 heavy (non-hydrogen) atoms. The number of amides is 1. The molecule has 5 heteroatoms. The molecule has 1 unspecified atom stereocenters. The van der Waals surface area contributed by atoms with Crippen molar-refractivity contribution in [2.45, 2.75) is 19.3 Å². The molecule has 0 aromatic heterocycles. The van der Waals surface area contributed by atoms with E-state index in [1.54, 1.807) is 12.1 Å². The van der Waals surface area contributed by atoms with Gasteiger partial charge in [0.05, 0.1) is 6.42 Å². The zero-order valence-electron chi connectivity index (χ0n) is 10.8. The molecule has 1 aliphatic heterocycles. The monoisotopic (exact) mass is 286 g/mol. The van der Waals surface area contributed by atoms with Crippen LogP contribution in [0.4, 0.5) is 4.39 Å². The first-order valence-corrected chi connectivity index (χ1v) is 6.46. The summed E-state index contributed by atoms with van der Waals surface area (Å²) in [6, 6.07) is 6.06. The molecule has 3 nitrogen and oxygen atoms in total. The Morgan fingerprint density at radius 1 is 1.37 bits per heavy atom. The standard InChI is InChI=1S/C14H19FN2O.ClH/c15-13-5-3-11(4-6-13)8-14(18)17-10-12-2-1-7-16-9-12;/h3-6,12,16H,1-2,7-10H2,(H,17,18);1H. The first-order chi connectivity index (χ1) is 8.74. The Hall–Kier alpha value is -1.13. The molecule has 1 atom stereocenters. The average Bonchev–Trinajstić information content (AvgIpc) is 2.40. The van der Waals surface area contributed by atoms with Crippen LogP contribution < -0.4 is 10.6 Å². The smallest absolute Gasteiger partial charge is 0.224 e. The van der Waals surface area contributed by atoms with Crippen LogP contribution in [-0.4, -0.2) is 25.5 Å². The molecule has 106 valence electrons. The van der Waals surface area contributed by atoms with Gasteiger partial charge in [-0.15, -0.1) is 12.4 Å². The molecule has 1 fully saturated rings. The molecule has 2 N–H and O–H groups in total. The van der Waals surface area contributed by atoms with E-state index >= 15 is 0 Å². The minimum Gasteiger partial charge on any atom is -0.355 e. The molecule has 2 rings (SSSR count). The van der Waals surface area contributed by atoms with Gasteiger partial charge in [-0.05, 0) is 49.5 Å². The fourth-order valence-electron chi connectivity index (χ4n) is 2.21. The van der Waals surface area contributed by atoms with Gasteiger partial charge in [0, 0.05) is 6.54 Å². The normalized spacial score (nSPS) is 18.5. The molecule has 1 aliphatic rings. The molecule has 1 amide bonds. The molecule has 1 aromatic carbocycles. The second-order valence-electron chi connectivity index (χ2n) is 4.82. The summed E-state index contributed by atoms with van der Waals surface area (Å²) in [5, 5.41) is 6.26. The molecule has 0 spiro atoms. The molecule has 0 saturated carbocycles. The highest BCUT2D eigenvalue weighted by Gasteiger charge is 2.13. The zero-order valence-corrected chi connectivity index (χ0v) is 11.6. The summed E-state index contributed by atoms with van der Waals surface area (Å²) in [5.74, 6) is 0.274. The number of benzene rings is 1. The number of piperidine rings is 1. The van der Waals surface area contributed by atoms with Crippen molar-refractivity contribution in [3.8, 4) is 0 Å². The van der Waals surface area contributed by atoms with Crippen LogP contribution in [0.25, 0.3) is 0 Å². The van der Waals surface area contributed by atoms with E-state index in [1.807, 2.05) is 0 Å². The Balaban J connectivity index is 0.00000180. The second kappa shape index (κ2) is 8.12. The fourth-order valence-corrected chi connectivity index (χ4v) is 2.21. The van der Waals surface area contributed by atoms with Crippen LogP contribution in [0.1, 0.15) is 18.4 Å². The fraction of sp³-hybridized carbons (Fsp3) is 0.500. The molecular weight excluding hydrogens is 267 g/mol. The van der Waals surface area contributed by atoms with Crippen molar-refractivity contribution < 1.29 is 9.18 Å². The highest BCUT2D eigenvalue weighted by Crippen LogP contribution is 2.08. The maximum absolute atomic E-state index is 12.7. The lowest BCUT2D eigenvalue weighted by molar-refractivity contribution is -0.120. The second-order valence-corrected chi connectivity index (χ2v) is 4.82. The van der Waals surface area contributed by atoms with E-state index < -0.39 is 0 Å². The summed E-state index contributed by atoms with van der Waals surface area (Å²) in [6.45, 7) is 2.80. The molecule has 1 aromatic rings. The number of nitrogens with one attached hydrogen (secondary N) is 2. The lowest BCUT2D eigenvalue weighted by Crippen LogP contribution is -2.38. The minimum absolute atomic E-state index is 0. The third-order valence-electron chi connectivity index (χ3n) is 3.26. The van der Waals surface area contributed by atoms with Crippen LogP contribution >= 0.6 is 12.4 Å². The zero-order chi connectivity index (χ0) is 12.8. The first kappa shape index (κ1) is 15.9. The summed E-state index contributed by atoms with van der Waals surface area (Å²) < 4.78 is 12.7. The van der Waals surface area contributed by atoms with Crippen molar-refractivity contribution in [2.75, 3.05) is 19.6 Å². The molecule has 1 saturated heterocycles. The van der Waals surface area contributed by atoms with Crippen LogP contribution in [0.3, 0.4) is 0 Å². The van der Waals surface area contributed by atoms with Crippen LogP contribution in [0.2, 0.25) is 0 Å². The number of rotatable bonds is 4. The van der Waals surface area contributed by atoms with E-state index in [-0.39, 0.29) is 24.1 Å². The summed E-state index contributed by atoms with van der Waals surface area (Å²) in [7, 11) is 0. The van der Waals surface area contributed by atoms with Crippen molar-refractivity contribution in [1.82, 2.24) is 10.6 Å². The third-order valence-corrected chi connectivity index (χ3v) is 3.26. The Bertz CT molecular complexity index is 391. The van der Waals surface area contributed by atoms with Crippen molar-refractivity contribution in [1.29, 1.82) is 0 Å². The van der Waals surface area contributed by atoms with E-state index in [2.05, 4.69) is 10.6 Å². The van der Waals surface area contributed by atoms with E-state index in [4.69, 9.17) is 0 Å². The number of hydrogen-bond acceptors (Lipinski definition) is 2. The van der Waals surface area contributed by atoms with Crippen molar-refractivity contribution >= 4 is 18.3 Å². The van der Waals surface area contributed by atoms with Gasteiger partial charge < -0.3 is 10.6 Å². The lowest BCUT2D eigenvalue weighted by Gasteiger charge is -2.22. The minimum atomic E-state index is -0.271. The SMILES string of the molecule is Cl.O=C(Cc1ccc(F)cc1)NCC1CCCNC1. The largest absolute Gasteiger partial charge is 0.355 e. The highest BCUT2D eigenvalue weighted by atomic mass is 35.5.